The highest BCUT2D eigenvalue weighted by Gasteiger charge is 2.46. The van der Waals surface area contributed by atoms with Crippen molar-refractivity contribution < 1.29 is 8.83 Å². The van der Waals surface area contributed by atoms with E-state index >= 15 is 0 Å². The van der Waals surface area contributed by atoms with Gasteiger partial charge in [0, 0.05) is 49.6 Å². The van der Waals surface area contributed by atoms with E-state index < -0.39 is 5.41 Å². The number of anilines is 3. The van der Waals surface area contributed by atoms with Crippen molar-refractivity contribution in [3.63, 3.8) is 0 Å². The average molecular weight is 894 g/mol. The van der Waals surface area contributed by atoms with Gasteiger partial charge in [0.15, 0.2) is 0 Å². The van der Waals surface area contributed by atoms with Gasteiger partial charge in [0.25, 0.3) is 0 Å². The van der Waals surface area contributed by atoms with Crippen molar-refractivity contribution in [2.75, 3.05) is 4.90 Å². The van der Waals surface area contributed by atoms with E-state index in [-0.39, 0.29) is 0 Å². The van der Waals surface area contributed by atoms with Crippen LogP contribution in [0.25, 0.3) is 88.4 Å². The summed E-state index contributed by atoms with van der Waals surface area (Å²) >= 11 is 0. The molecule has 2 aromatic heterocycles. The van der Waals surface area contributed by atoms with Crippen molar-refractivity contribution in [2.24, 2.45) is 0 Å². The molecule has 0 aliphatic heterocycles. The fourth-order valence-corrected chi connectivity index (χ4v) is 11.6. The standard InChI is InChI=1S/C67H43NO2/c1-5-20-44(21-6-1)51-28-14-17-34-60(51)68(50-40-41-54-53-29-13-16-33-58(53)67(59(54)42-50,47-24-9-3-10-25-47)48-26-11-4-12-27-48)49-38-36-45(37-39-49)52-31-19-32-55-57-43-62-64(56-30-15-18-35-61(56)69-62)63(66(57)70-65(52)55)46-22-7-2-8-23-46/h1-43H. The number of benzene rings is 11. The lowest BCUT2D eigenvalue weighted by Gasteiger charge is -2.35. The molecular weight excluding hydrogens is 851 g/mol. The first-order valence-corrected chi connectivity index (χ1v) is 24.0. The summed E-state index contributed by atoms with van der Waals surface area (Å²) in [6, 6.07) is 94.1. The van der Waals surface area contributed by atoms with Crippen LogP contribution in [0.3, 0.4) is 0 Å². The molecule has 2 heterocycles. The van der Waals surface area contributed by atoms with Gasteiger partial charge in [-0.15, -0.1) is 0 Å². The molecule has 0 saturated carbocycles. The normalized spacial score (nSPS) is 12.7. The molecule has 14 rings (SSSR count). The molecular formula is C67H43NO2. The highest BCUT2D eigenvalue weighted by Crippen LogP contribution is 2.57. The van der Waals surface area contributed by atoms with E-state index in [9.17, 15) is 0 Å². The Hall–Kier alpha value is -9.18. The highest BCUT2D eigenvalue weighted by atomic mass is 16.3. The van der Waals surface area contributed by atoms with Crippen LogP contribution >= 0.6 is 0 Å². The summed E-state index contributed by atoms with van der Waals surface area (Å²) in [6.07, 6.45) is 0. The highest BCUT2D eigenvalue weighted by molar-refractivity contribution is 6.24. The van der Waals surface area contributed by atoms with Crippen molar-refractivity contribution >= 4 is 60.9 Å². The molecule has 0 saturated heterocycles. The van der Waals surface area contributed by atoms with Crippen LogP contribution in [0.1, 0.15) is 22.3 Å². The van der Waals surface area contributed by atoms with Gasteiger partial charge in [-0.3, -0.25) is 0 Å². The number of para-hydroxylation sites is 3. The molecule has 0 bridgehead atoms. The van der Waals surface area contributed by atoms with Crippen LogP contribution < -0.4 is 4.90 Å². The van der Waals surface area contributed by atoms with Gasteiger partial charge in [-0.05, 0) is 92.5 Å². The molecule has 1 aliphatic carbocycles. The van der Waals surface area contributed by atoms with Gasteiger partial charge in [-0.25, -0.2) is 0 Å². The van der Waals surface area contributed by atoms with E-state index in [4.69, 9.17) is 8.83 Å². The molecule has 13 aromatic rings. The van der Waals surface area contributed by atoms with Crippen LogP contribution in [0.5, 0.6) is 0 Å². The second kappa shape index (κ2) is 16.0. The van der Waals surface area contributed by atoms with Crippen LogP contribution in [0.15, 0.2) is 270 Å². The van der Waals surface area contributed by atoms with Crippen molar-refractivity contribution in [3.8, 4) is 44.5 Å². The maximum absolute atomic E-state index is 7.14. The maximum Gasteiger partial charge on any atom is 0.144 e. The van der Waals surface area contributed by atoms with E-state index in [1.54, 1.807) is 0 Å². The monoisotopic (exact) mass is 893 g/mol. The largest absolute Gasteiger partial charge is 0.456 e. The molecule has 0 atom stereocenters. The quantitative estimate of drug-likeness (QED) is 0.152. The number of hydrogen-bond acceptors (Lipinski definition) is 3. The van der Waals surface area contributed by atoms with Crippen molar-refractivity contribution in [2.45, 2.75) is 5.41 Å². The zero-order valence-electron chi connectivity index (χ0n) is 38.1. The average Bonchev–Trinajstić information content (AvgIpc) is 4.10. The summed E-state index contributed by atoms with van der Waals surface area (Å²) in [6.45, 7) is 0. The predicted octanol–water partition coefficient (Wildman–Crippen LogP) is 18.3. The number of rotatable bonds is 8. The Morgan fingerprint density at radius 3 is 1.61 bits per heavy atom. The van der Waals surface area contributed by atoms with Crippen molar-refractivity contribution in [3.05, 3.63) is 283 Å². The number of nitrogens with zero attached hydrogens (tertiary/aromatic N) is 1. The Morgan fingerprint density at radius 1 is 0.314 bits per heavy atom. The summed E-state index contributed by atoms with van der Waals surface area (Å²) in [5, 5.41) is 4.22. The molecule has 0 fully saturated rings. The first-order chi connectivity index (χ1) is 34.7. The van der Waals surface area contributed by atoms with E-state index in [2.05, 4.69) is 254 Å². The van der Waals surface area contributed by atoms with E-state index in [1.165, 1.54) is 33.4 Å². The lowest BCUT2D eigenvalue weighted by molar-refractivity contribution is 0.665. The zero-order chi connectivity index (χ0) is 46.2. The van der Waals surface area contributed by atoms with E-state index in [0.717, 1.165) is 94.3 Å². The van der Waals surface area contributed by atoms with Gasteiger partial charge in [-0.2, -0.15) is 0 Å². The minimum Gasteiger partial charge on any atom is -0.456 e. The lowest BCUT2D eigenvalue weighted by Crippen LogP contribution is -2.28. The van der Waals surface area contributed by atoms with Gasteiger partial charge in [0.05, 0.1) is 11.1 Å². The van der Waals surface area contributed by atoms with Crippen molar-refractivity contribution in [1.82, 2.24) is 0 Å². The second-order valence-electron chi connectivity index (χ2n) is 18.3. The van der Waals surface area contributed by atoms with Crippen molar-refractivity contribution in [1.29, 1.82) is 0 Å². The Labute approximate surface area is 405 Å². The Bertz CT molecular complexity index is 4060. The Balaban J connectivity index is 0.966. The van der Waals surface area contributed by atoms with E-state index in [1.807, 2.05) is 12.1 Å². The lowest BCUT2D eigenvalue weighted by atomic mass is 9.67. The van der Waals surface area contributed by atoms with Gasteiger partial charge in [-0.1, -0.05) is 218 Å². The molecule has 3 heteroatoms. The third-order valence-electron chi connectivity index (χ3n) is 14.6. The molecule has 11 aromatic carbocycles. The van der Waals surface area contributed by atoms with Gasteiger partial charge in [0.2, 0.25) is 0 Å². The molecule has 0 amide bonds. The Kier molecular flexibility index (Phi) is 9.11. The molecule has 0 spiro atoms. The zero-order valence-corrected chi connectivity index (χ0v) is 38.1. The summed E-state index contributed by atoms with van der Waals surface area (Å²) in [5.74, 6) is 0. The fraction of sp³-hybridized carbons (Fsp3) is 0.0149. The third kappa shape index (κ3) is 6.01. The fourth-order valence-electron chi connectivity index (χ4n) is 11.6. The predicted molar refractivity (Wildman–Crippen MR) is 289 cm³/mol. The minimum absolute atomic E-state index is 0.541. The molecule has 0 N–H and O–H groups in total. The summed E-state index contributed by atoms with van der Waals surface area (Å²) in [4.78, 5) is 2.43. The van der Waals surface area contributed by atoms with Gasteiger partial charge < -0.3 is 13.7 Å². The second-order valence-corrected chi connectivity index (χ2v) is 18.3. The molecule has 0 radical (unpaired) electrons. The first kappa shape index (κ1) is 39.9. The van der Waals surface area contributed by atoms with Crippen LogP contribution in [-0.2, 0) is 5.41 Å². The van der Waals surface area contributed by atoms with Crippen LogP contribution in [0.2, 0.25) is 0 Å². The van der Waals surface area contributed by atoms with Crippen LogP contribution in [0, 0.1) is 0 Å². The first-order valence-electron chi connectivity index (χ1n) is 24.0. The molecule has 70 heavy (non-hydrogen) atoms. The number of fused-ring (bicyclic) bond motifs is 9. The van der Waals surface area contributed by atoms with Crippen LogP contribution in [-0.4, -0.2) is 0 Å². The van der Waals surface area contributed by atoms with Gasteiger partial charge >= 0.3 is 0 Å². The maximum atomic E-state index is 7.14. The minimum atomic E-state index is -0.541. The molecule has 328 valence electrons. The summed E-state index contributed by atoms with van der Waals surface area (Å²) in [5.41, 5.74) is 20.1. The Morgan fingerprint density at radius 2 is 0.871 bits per heavy atom. The van der Waals surface area contributed by atoms with Crippen LogP contribution in [0.4, 0.5) is 17.1 Å². The molecule has 3 nitrogen and oxygen atoms in total. The summed E-state index contributed by atoms with van der Waals surface area (Å²) in [7, 11) is 0. The smallest absolute Gasteiger partial charge is 0.144 e. The molecule has 1 aliphatic rings. The van der Waals surface area contributed by atoms with E-state index in [0.29, 0.717) is 0 Å². The topological polar surface area (TPSA) is 29.5 Å². The number of hydrogen-bond donors (Lipinski definition) is 0. The van der Waals surface area contributed by atoms with Gasteiger partial charge in [0.1, 0.15) is 22.3 Å². The third-order valence-corrected chi connectivity index (χ3v) is 14.6. The molecule has 0 unspecified atom stereocenters. The SMILES string of the molecule is c1ccc(-c2ccccc2N(c2ccc(-c3cccc4c3oc3c(-c5ccccc5)c5c(cc34)oc3ccccc35)cc2)c2ccc3c(c2)C(c2ccccc2)(c2ccccc2)c2ccccc2-3)cc1. The summed E-state index contributed by atoms with van der Waals surface area (Å²) < 4.78 is 13.7. The number of furan rings is 2.